The smallest absolute Gasteiger partial charge is 0.170 e. The van der Waals surface area contributed by atoms with Gasteiger partial charge in [-0.3, -0.25) is 0 Å². The van der Waals surface area contributed by atoms with Crippen molar-refractivity contribution in [3.63, 3.8) is 0 Å². The van der Waals surface area contributed by atoms with E-state index >= 15 is 0 Å². The van der Waals surface area contributed by atoms with Gasteiger partial charge in [0.1, 0.15) is 5.82 Å². The quantitative estimate of drug-likeness (QED) is 0.656. The molecule has 3 aromatic rings. The number of anilines is 1. The molecule has 0 saturated carbocycles. The van der Waals surface area contributed by atoms with Gasteiger partial charge in [0.15, 0.2) is 5.76 Å². The fourth-order valence-corrected chi connectivity index (χ4v) is 3.00. The average molecular weight is 351 g/mol. The standard InChI is InChI=1S/C21H25N3O2/c1-3-18(25-2)11-10-15-6-8-16(9-7-15)13-17-14-20(26-24-17)19-5-4-12-23-21(19)22/h4-9,12,14,18H,3,10-11,13H2,1-2H3,(H2,22,23). The van der Waals surface area contributed by atoms with E-state index in [1.807, 2.05) is 18.2 Å². The lowest BCUT2D eigenvalue weighted by molar-refractivity contribution is 0.0924. The highest BCUT2D eigenvalue weighted by molar-refractivity contribution is 5.69. The molecule has 0 aliphatic heterocycles. The molecule has 5 nitrogen and oxygen atoms in total. The van der Waals surface area contributed by atoms with E-state index in [-0.39, 0.29) is 0 Å². The normalized spacial score (nSPS) is 12.2. The van der Waals surface area contributed by atoms with Gasteiger partial charge in [-0.2, -0.15) is 0 Å². The van der Waals surface area contributed by atoms with Crippen LogP contribution in [0.5, 0.6) is 0 Å². The Morgan fingerprint density at radius 3 is 2.62 bits per heavy atom. The molecule has 0 aliphatic rings. The second kappa shape index (κ2) is 8.63. The van der Waals surface area contributed by atoms with Crippen molar-refractivity contribution in [2.45, 2.75) is 38.7 Å². The monoisotopic (exact) mass is 351 g/mol. The number of aromatic nitrogens is 2. The number of rotatable bonds is 8. The highest BCUT2D eigenvalue weighted by atomic mass is 16.5. The SMILES string of the molecule is CCC(CCc1ccc(Cc2cc(-c3cccnc3N)on2)cc1)OC. The van der Waals surface area contributed by atoms with Crippen LogP contribution in [0.15, 0.2) is 53.2 Å². The van der Waals surface area contributed by atoms with Crippen LogP contribution in [0.3, 0.4) is 0 Å². The molecule has 0 amide bonds. The number of aryl methyl sites for hydroxylation is 1. The van der Waals surface area contributed by atoms with Crippen molar-refractivity contribution >= 4 is 5.82 Å². The van der Waals surface area contributed by atoms with Gasteiger partial charge in [-0.05, 0) is 42.5 Å². The fraction of sp³-hybridized carbons (Fsp3) is 0.333. The van der Waals surface area contributed by atoms with Crippen molar-refractivity contribution in [1.82, 2.24) is 10.1 Å². The van der Waals surface area contributed by atoms with Crippen LogP contribution in [0.1, 0.15) is 36.6 Å². The molecule has 26 heavy (non-hydrogen) atoms. The molecule has 5 heteroatoms. The van der Waals surface area contributed by atoms with E-state index < -0.39 is 0 Å². The largest absolute Gasteiger partial charge is 0.383 e. The van der Waals surface area contributed by atoms with Crippen molar-refractivity contribution < 1.29 is 9.26 Å². The predicted molar refractivity (Wildman–Crippen MR) is 103 cm³/mol. The summed E-state index contributed by atoms with van der Waals surface area (Å²) in [6.45, 7) is 2.16. The third kappa shape index (κ3) is 4.49. The maximum Gasteiger partial charge on any atom is 0.170 e. The second-order valence-electron chi connectivity index (χ2n) is 6.42. The van der Waals surface area contributed by atoms with E-state index in [1.54, 1.807) is 13.3 Å². The number of pyridine rings is 1. The Morgan fingerprint density at radius 2 is 1.92 bits per heavy atom. The molecule has 136 valence electrons. The topological polar surface area (TPSA) is 74.2 Å². The summed E-state index contributed by atoms with van der Waals surface area (Å²) in [4.78, 5) is 4.08. The summed E-state index contributed by atoms with van der Waals surface area (Å²) in [5, 5.41) is 4.16. The second-order valence-corrected chi connectivity index (χ2v) is 6.42. The highest BCUT2D eigenvalue weighted by Crippen LogP contribution is 2.25. The first-order valence-electron chi connectivity index (χ1n) is 8.96. The molecule has 0 radical (unpaired) electrons. The van der Waals surface area contributed by atoms with Crippen molar-refractivity contribution in [2.24, 2.45) is 0 Å². The van der Waals surface area contributed by atoms with Crippen molar-refractivity contribution in [3.05, 3.63) is 65.5 Å². The van der Waals surface area contributed by atoms with Crippen LogP contribution in [0.25, 0.3) is 11.3 Å². The number of methoxy groups -OCH3 is 1. The van der Waals surface area contributed by atoms with Gasteiger partial charge < -0.3 is 15.0 Å². The lowest BCUT2D eigenvalue weighted by Gasteiger charge is -2.12. The highest BCUT2D eigenvalue weighted by Gasteiger charge is 2.11. The lowest BCUT2D eigenvalue weighted by Crippen LogP contribution is -2.09. The zero-order valence-electron chi connectivity index (χ0n) is 15.3. The summed E-state index contributed by atoms with van der Waals surface area (Å²) in [5.74, 6) is 1.09. The molecule has 3 rings (SSSR count). The molecule has 1 atom stereocenters. The average Bonchev–Trinajstić information content (AvgIpc) is 3.12. The van der Waals surface area contributed by atoms with Gasteiger partial charge >= 0.3 is 0 Å². The molecule has 0 bridgehead atoms. The molecule has 0 aliphatic carbocycles. The maximum atomic E-state index is 5.89. The Balaban J connectivity index is 1.62. The van der Waals surface area contributed by atoms with E-state index in [2.05, 4.69) is 41.3 Å². The molecule has 1 aromatic carbocycles. The minimum absolute atomic E-state index is 0.336. The van der Waals surface area contributed by atoms with Gasteiger partial charge in [0.05, 0.1) is 17.4 Å². The maximum absolute atomic E-state index is 5.89. The number of hydrogen-bond acceptors (Lipinski definition) is 5. The third-order valence-electron chi connectivity index (χ3n) is 4.61. The lowest BCUT2D eigenvalue weighted by atomic mass is 10.0. The van der Waals surface area contributed by atoms with Gasteiger partial charge in [0.2, 0.25) is 0 Å². The van der Waals surface area contributed by atoms with Crippen molar-refractivity contribution in [2.75, 3.05) is 12.8 Å². The zero-order valence-corrected chi connectivity index (χ0v) is 15.3. The van der Waals surface area contributed by atoms with Crippen LogP contribution in [0, 0.1) is 0 Å². The van der Waals surface area contributed by atoms with Gasteiger partial charge in [-0.25, -0.2) is 4.98 Å². The van der Waals surface area contributed by atoms with Crippen molar-refractivity contribution in [1.29, 1.82) is 0 Å². The molecule has 0 fully saturated rings. The van der Waals surface area contributed by atoms with Crippen LogP contribution in [0.2, 0.25) is 0 Å². The van der Waals surface area contributed by atoms with Crippen molar-refractivity contribution in [3.8, 4) is 11.3 Å². The summed E-state index contributed by atoms with van der Waals surface area (Å²) in [6.07, 6.45) is 5.84. The number of nitrogens with zero attached hydrogens (tertiary/aromatic N) is 2. The Kier molecular flexibility index (Phi) is 6.02. The molecule has 1 unspecified atom stereocenters. The van der Waals surface area contributed by atoms with Crippen LogP contribution < -0.4 is 5.73 Å². The zero-order chi connectivity index (χ0) is 18.4. The van der Waals surface area contributed by atoms with Gasteiger partial charge in [-0.1, -0.05) is 36.3 Å². The Hall–Kier alpha value is -2.66. The number of nitrogens with two attached hydrogens (primary N) is 1. The van der Waals surface area contributed by atoms with Crippen LogP contribution in [0.4, 0.5) is 5.82 Å². The summed E-state index contributed by atoms with van der Waals surface area (Å²) in [6, 6.07) is 14.3. The van der Waals surface area contributed by atoms with Crippen LogP contribution in [-0.2, 0) is 17.6 Å². The minimum atomic E-state index is 0.336. The number of benzene rings is 1. The van der Waals surface area contributed by atoms with E-state index in [0.29, 0.717) is 17.7 Å². The first kappa shape index (κ1) is 18.1. The van der Waals surface area contributed by atoms with Gasteiger partial charge in [-0.15, -0.1) is 0 Å². The molecule has 2 N–H and O–H groups in total. The Labute approximate surface area is 154 Å². The summed E-state index contributed by atoms with van der Waals surface area (Å²) < 4.78 is 10.9. The molecular weight excluding hydrogens is 326 g/mol. The van der Waals surface area contributed by atoms with E-state index in [4.69, 9.17) is 15.0 Å². The molecule has 0 saturated heterocycles. The molecule has 2 aromatic heterocycles. The van der Waals surface area contributed by atoms with Crippen LogP contribution in [-0.4, -0.2) is 23.4 Å². The molecular formula is C21H25N3O2. The number of hydrogen-bond donors (Lipinski definition) is 1. The van der Waals surface area contributed by atoms with E-state index in [1.165, 1.54) is 11.1 Å². The number of ether oxygens (including phenoxy) is 1. The minimum Gasteiger partial charge on any atom is -0.383 e. The molecule has 0 spiro atoms. The third-order valence-corrected chi connectivity index (χ3v) is 4.61. The van der Waals surface area contributed by atoms with Gasteiger partial charge in [0.25, 0.3) is 0 Å². The van der Waals surface area contributed by atoms with E-state index in [9.17, 15) is 0 Å². The summed E-state index contributed by atoms with van der Waals surface area (Å²) >= 11 is 0. The van der Waals surface area contributed by atoms with Gasteiger partial charge in [0, 0.05) is 25.8 Å². The van der Waals surface area contributed by atoms with Crippen LogP contribution >= 0.6 is 0 Å². The summed E-state index contributed by atoms with van der Waals surface area (Å²) in [5.41, 5.74) is 10.1. The number of nitrogen functional groups attached to an aromatic ring is 1. The predicted octanol–water partition coefficient (Wildman–Crippen LogP) is 4.27. The first-order valence-corrected chi connectivity index (χ1v) is 8.96. The summed E-state index contributed by atoms with van der Waals surface area (Å²) in [7, 11) is 1.78. The Bertz CT molecular complexity index is 823. The fourth-order valence-electron chi connectivity index (χ4n) is 3.00. The first-order chi connectivity index (χ1) is 12.7. The molecule has 2 heterocycles. The Morgan fingerprint density at radius 1 is 1.15 bits per heavy atom. The van der Waals surface area contributed by atoms with E-state index in [0.717, 1.165) is 36.9 Å².